The fraction of sp³-hybridized carbons (Fsp3) is 0. The summed E-state index contributed by atoms with van der Waals surface area (Å²) in [4.78, 5) is 10.1. The van der Waals surface area contributed by atoms with Gasteiger partial charge >= 0.3 is 0 Å². The van der Waals surface area contributed by atoms with E-state index < -0.39 is 0 Å². The second kappa shape index (κ2) is 10.3. The lowest BCUT2D eigenvalue weighted by Gasteiger charge is -2.11. The highest BCUT2D eigenvalue weighted by Crippen LogP contribution is 2.43. The molecule has 0 aliphatic heterocycles. The lowest BCUT2D eigenvalue weighted by molar-refractivity contribution is 1.18. The first-order valence-electron chi connectivity index (χ1n) is 15.9. The van der Waals surface area contributed by atoms with Gasteiger partial charge in [0.15, 0.2) is 5.82 Å². The Balaban J connectivity index is 1.19. The number of hydrogen-bond acceptors (Lipinski definition) is 3. The van der Waals surface area contributed by atoms with Crippen LogP contribution in [0.3, 0.4) is 0 Å². The molecule has 0 saturated carbocycles. The first kappa shape index (κ1) is 26.3. The molecule has 0 unspecified atom stereocenters. The first-order valence-corrected chi connectivity index (χ1v) is 16.7. The normalized spacial score (nSPS) is 11.8. The van der Waals surface area contributed by atoms with Crippen LogP contribution >= 0.6 is 11.3 Å². The summed E-state index contributed by atoms with van der Waals surface area (Å²) in [6, 6.07) is 56.6. The number of nitrogens with zero attached hydrogens (tertiary/aromatic N) is 2. The maximum Gasteiger partial charge on any atom is 0.160 e. The fourth-order valence-electron chi connectivity index (χ4n) is 7.14. The number of fused-ring (bicyclic) bond motifs is 10. The van der Waals surface area contributed by atoms with Crippen LogP contribution in [0.4, 0.5) is 0 Å². The van der Waals surface area contributed by atoms with Crippen molar-refractivity contribution in [1.29, 1.82) is 0 Å². The van der Waals surface area contributed by atoms with Gasteiger partial charge in [0.1, 0.15) is 0 Å². The van der Waals surface area contributed by atoms with Crippen molar-refractivity contribution in [3.8, 4) is 33.9 Å². The van der Waals surface area contributed by atoms with Crippen LogP contribution in [0.2, 0.25) is 0 Å². The number of hydrogen-bond donors (Lipinski definition) is 0. The van der Waals surface area contributed by atoms with Crippen molar-refractivity contribution in [2.24, 2.45) is 0 Å². The van der Waals surface area contributed by atoms with Crippen LogP contribution in [0.15, 0.2) is 158 Å². The Labute approximate surface area is 275 Å². The zero-order valence-electron chi connectivity index (χ0n) is 25.3. The second-order valence-corrected chi connectivity index (χ2v) is 13.3. The van der Waals surface area contributed by atoms with Crippen molar-refractivity contribution >= 4 is 74.6 Å². The Hall–Kier alpha value is -5.90. The van der Waals surface area contributed by atoms with Gasteiger partial charge in [0, 0.05) is 36.9 Å². The summed E-state index contributed by atoms with van der Waals surface area (Å²) in [5.41, 5.74) is 5.00. The van der Waals surface area contributed by atoms with Crippen LogP contribution in [0.5, 0.6) is 0 Å². The number of benzene rings is 8. The summed E-state index contributed by atoms with van der Waals surface area (Å²) < 4.78 is 2.63. The monoisotopic (exact) mass is 614 g/mol. The molecular weight excluding hydrogens is 589 g/mol. The Bertz CT molecular complexity index is 2780. The molecule has 0 bridgehead atoms. The number of rotatable bonds is 3. The van der Waals surface area contributed by atoms with Gasteiger partial charge in [-0.25, -0.2) is 9.97 Å². The van der Waals surface area contributed by atoms with Gasteiger partial charge in [-0.2, -0.15) is 0 Å². The molecule has 0 spiro atoms. The second-order valence-electron chi connectivity index (χ2n) is 12.2. The van der Waals surface area contributed by atoms with E-state index >= 15 is 0 Å². The van der Waals surface area contributed by atoms with Gasteiger partial charge < -0.3 is 0 Å². The van der Waals surface area contributed by atoms with Crippen LogP contribution < -0.4 is 0 Å². The predicted octanol–water partition coefficient (Wildman–Crippen LogP) is 12.5. The molecule has 8 aromatic carbocycles. The maximum absolute atomic E-state index is 5.09. The van der Waals surface area contributed by atoms with Crippen LogP contribution in [0.25, 0.3) is 97.2 Å². The number of aromatic nitrogens is 2. The Morgan fingerprint density at radius 1 is 0.319 bits per heavy atom. The van der Waals surface area contributed by atoms with E-state index in [9.17, 15) is 0 Å². The van der Waals surface area contributed by atoms with Crippen molar-refractivity contribution in [2.75, 3.05) is 0 Å². The van der Waals surface area contributed by atoms with Crippen molar-refractivity contribution in [3.63, 3.8) is 0 Å². The van der Waals surface area contributed by atoms with Crippen molar-refractivity contribution in [1.82, 2.24) is 9.97 Å². The molecule has 10 aromatic rings. The van der Waals surface area contributed by atoms with E-state index in [0.29, 0.717) is 0 Å². The molecule has 2 aromatic heterocycles. The van der Waals surface area contributed by atoms with E-state index in [2.05, 4.69) is 133 Å². The Morgan fingerprint density at radius 2 is 0.851 bits per heavy atom. The third kappa shape index (κ3) is 4.25. The molecular formula is C44H26N2S. The average molecular weight is 615 g/mol. The summed E-state index contributed by atoms with van der Waals surface area (Å²) >= 11 is 1.88. The minimum atomic E-state index is 0.730. The molecule has 2 heterocycles. The zero-order chi connectivity index (χ0) is 30.9. The lowest BCUT2D eigenvalue weighted by Crippen LogP contribution is -1.95. The first-order chi connectivity index (χ1) is 23.3. The van der Waals surface area contributed by atoms with Crippen molar-refractivity contribution < 1.29 is 0 Å². The van der Waals surface area contributed by atoms with E-state index in [1.807, 2.05) is 35.6 Å². The highest BCUT2D eigenvalue weighted by atomic mass is 32.1. The highest BCUT2D eigenvalue weighted by Gasteiger charge is 2.15. The summed E-state index contributed by atoms with van der Waals surface area (Å²) in [6.45, 7) is 0. The van der Waals surface area contributed by atoms with Gasteiger partial charge in [-0.3, -0.25) is 0 Å². The molecule has 10 rings (SSSR count). The van der Waals surface area contributed by atoms with E-state index in [1.165, 1.54) is 63.3 Å². The van der Waals surface area contributed by atoms with Crippen LogP contribution in [0, 0.1) is 0 Å². The van der Waals surface area contributed by atoms with Gasteiger partial charge in [-0.1, -0.05) is 121 Å². The standard InChI is InChI=1S/C44H26N2S/c1-3-11-27(12-4-1)40-26-41(46-44(45-40)28-13-5-2-6-14-28)30-20-19-29-23-42-38(22-31(29)21-30)39-24-36-34-17-9-7-15-32(34)33-16-8-10-18-35(33)37(36)25-43(39)47-42/h1-26H. The van der Waals surface area contributed by atoms with Gasteiger partial charge in [0.05, 0.1) is 11.4 Å². The average Bonchev–Trinajstić information content (AvgIpc) is 3.49. The molecule has 0 atom stereocenters. The fourth-order valence-corrected chi connectivity index (χ4v) is 8.30. The molecule has 0 fully saturated rings. The number of thiophene rings is 1. The molecule has 0 N–H and O–H groups in total. The molecule has 0 saturated heterocycles. The molecule has 0 aliphatic carbocycles. The molecule has 47 heavy (non-hydrogen) atoms. The van der Waals surface area contributed by atoms with Crippen molar-refractivity contribution in [3.05, 3.63) is 158 Å². The lowest BCUT2D eigenvalue weighted by atomic mass is 9.93. The molecule has 0 radical (unpaired) electrons. The van der Waals surface area contributed by atoms with Gasteiger partial charge in [0.25, 0.3) is 0 Å². The molecule has 2 nitrogen and oxygen atoms in total. The largest absolute Gasteiger partial charge is 0.228 e. The highest BCUT2D eigenvalue weighted by molar-refractivity contribution is 7.26. The SMILES string of the molecule is c1ccc(-c2cc(-c3ccc4cc5sc6cc7c8ccccc8c8ccccc8c7cc6c5cc4c3)nc(-c3ccccc3)n2)cc1. The maximum atomic E-state index is 5.09. The molecule has 0 aliphatic rings. The third-order valence-electron chi connectivity index (χ3n) is 9.42. The molecule has 0 amide bonds. The molecule has 218 valence electrons. The zero-order valence-corrected chi connectivity index (χ0v) is 26.1. The van der Waals surface area contributed by atoms with Gasteiger partial charge in [-0.15, -0.1) is 11.3 Å². The van der Waals surface area contributed by atoms with E-state index in [-0.39, 0.29) is 0 Å². The van der Waals surface area contributed by atoms with Gasteiger partial charge in [-0.05, 0) is 79.5 Å². The minimum Gasteiger partial charge on any atom is -0.228 e. The third-order valence-corrected chi connectivity index (χ3v) is 10.5. The summed E-state index contributed by atoms with van der Waals surface area (Å²) in [7, 11) is 0. The van der Waals surface area contributed by atoms with Crippen molar-refractivity contribution in [2.45, 2.75) is 0 Å². The van der Waals surface area contributed by atoms with Crippen LogP contribution in [-0.2, 0) is 0 Å². The van der Waals surface area contributed by atoms with E-state index in [1.54, 1.807) is 0 Å². The smallest absolute Gasteiger partial charge is 0.160 e. The summed E-state index contributed by atoms with van der Waals surface area (Å²) in [5.74, 6) is 0.730. The molecule has 3 heteroatoms. The van der Waals surface area contributed by atoms with Gasteiger partial charge in [0.2, 0.25) is 0 Å². The minimum absolute atomic E-state index is 0.730. The summed E-state index contributed by atoms with van der Waals surface area (Å²) in [6.07, 6.45) is 0. The Kier molecular flexibility index (Phi) is 5.78. The van der Waals surface area contributed by atoms with Crippen LogP contribution in [-0.4, -0.2) is 9.97 Å². The van der Waals surface area contributed by atoms with E-state index in [0.717, 1.165) is 33.9 Å². The topological polar surface area (TPSA) is 25.8 Å². The van der Waals surface area contributed by atoms with E-state index in [4.69, 9.17) is 9.97 Å². The predicted molar refractivity (Wildman–Crippen MR) is 201 cm³/mol. The quantitative estimate of drug-likeness (QED) is 0.185. The Morgan fingerprint density at radius 3 is 1.53 bits per heavy atom. The summed E-state index contributed by atoms with van der Waals surface area (Å²) in [5, 5.41) is 12.9. The van der Waals surface area contributed by atoms with Crippen LogP contribution in [0.1, 0.15) is 0 Å².